The van der Waals surface area contributed by atoms with Crippen molar-refractivity contribution in [3.05, 3.63) is 29.8 Å². The highest BCUT2D eigenvalue weighted by molar-refractivity contribution is 5.28. The van der Waals surface area contributed by atoms with Crippen molar-refractivity contribution in [1.82, 2.24) is 4.90 Å². The summed E-state index contributed by atoms with van der Waals surface area (Å²) in [6, 6.07) is 9.09. The molecule has 1 fully saturated rings. The maximum Gasteiger partial charge on any atom is 0.119 e. The van der Waals surface area contributed by atoms with Gasteiger partial charge < -0.3 is 9.84 Å². The molecule has 2 rings (SSSR count). The summed E-state index contributed by atoms with van der Waals surface area (Å²) in [6.45, 7) is 8.08. The van der Waals surface area contributed by atoms with E-state index >= 15 is 0 Å². The second-order valence-corrected chi connectivity index (χ2v) is 6.12. The SMILES string of the molecule is CCCOc1ccc(C(O)CN2C(C)CCC2CC)cc1. The molecule has 0 bridgehead atoms. The average Bonchev–Trinajstić information content (AvgIpc) is 2.86. The summed E-state index contributed by atoms with van der Waals surface area (Å²) in [6.07, 6.45) is 4.26. The summed E-state index contributed by atoms with van der Waals surface area (Å²) in [5.74, 6) is 0.883. The van der Waals surface area contributed by atoms with Gasteiger partial charge in [0.1, 0.15) is 5.75 Å². The zero-order valence-corrected chi connectivity index (χ0v) is 13.6. The van der Waals surface area contributed by atoms with Crippen LogP contribution in [0.3, 0.4) is 0 Å². The van der Waals surface area contributed by atoms with Crippen molar-refractivity contribution in [2.45, 2.75) is 64.6 Å². The fraction of sp³-hybridized carbons (Fsp3) is 0.667. The van der Waals surface area contributed by atoms with E-state index in [-0.39, 0.29) is 0 Å². The van der Waals surface area contributed by atoms with Gasteiger partial charge in [0.2, 0.25) is 0 Å². The minimum Gasteiger partial charge on any atom is -0.494 e. The van der Waals surface area contributed by atoms with E-state index in [0.717, 1.165) is 30.9 Å². The molecule has 1 aliphatic rings. The topological polar surface area (TPSA) is 32.7 Å². The number of benzene rings is 1. The first-order chi connectivity index (χ1) is 10.2. The van der Waals surface area contributed by atoms with Crippen molar-refractivity contribution < 1.29 is 9.84 Å². The average molecular weight is 291 g/mol. The largest absolute Gasteiger partial charge is 0.494 e. The van der Waals surface area contributed by atoms with Gasteiger partial charge in [-0.3, -0.25) is 4.90 Å². The van der Waals surface area contributed by atoms with E-state index in [0.29, 0.717) is 12.1 Å². The quantitative estimate of drug-likeness (QED) is 0.830. The molecule has 1 aromatic rings. The van der Waals surface area contributed by atoms with Crippen LogP contribution in [0.1, 0.15) is 58.1 Å². The normalized spacial score (nSPS) is 24.2. The van der Waals surface area contributed by atoms with Gasteiger partial charge in [-0.05, 0) is 50.3 Å². The third kappa shape index (κ3) is 4.21. The lowest BCUT2D eigenvalue weighted by molar-refractivity contribution is 0.0859. The summed E-state index contributed by atoms with van der Waals surface area (Å²) in [5, 5.41) is 10.5. The number of aliphatic hydroxyl groups is 1. The van der Waals surface area contributed by atoms with Crippen LogP contribution < -0.4 is 4.74 Å². The number of aliphatic hydroxyl groups excluding tert-OH is 1. The van der Waals surface area contributed by atoms with Gasteiger partial charge in [0.25, 0.3) is 0 Å². The Labute approximate surface area is 128 Å². The summed E-state index contributed by atoms with van der Waals surface area (Å²) >= 11 is 0. The first-order valence-electron chi connectivity index (χ1n) is 8.32. The van der Waals surface area contributed by atoms with E-state index < -0.39 is 6.10 Å². The highest BCUT2D eigenvalue weighted by Gasteiger charge is 2.30. The first kappa shape index (κ1) is 16.3. The van der Waals surface area contributed by atoms with Crippen LogP contribution in [-0.4, -0.2) is 35.2 Å². The first-order valence-corrected chi connectivity index (χ1v) is 8.32. The van der Waals surface area contributed by atoms with Gasteiger partial charge >= 0.3 is 0 Å². The number of β-amino-alcohol motifs (C(OH)–C–C–N with tert-alkyl or cyclic N) is 1. The zero-order chi connectivity index (χ0) is 15.2. The Bertz CT molecular complexity index is 418. The molecule has 0 amide bonds. The summed E-state index contributed by atoms with van der Waals surface area (Å²) in [4.78, 5) is 2.46. The molecule has 21 heavy (non-hydrogen) atoms. The standard InChI is InChI=1S/C18H29NO2/c1-4-12-21-17-10-7-15(8-11-17)18(20)13-19-14(3)6-9-16(19)5-2/h7-8,10-11,14,16,18,20H,4-6,9,12-13H2,1-3H3. The minimum absolute atomic E-state index is 0.417. The van der Waals surface area contributed by atoms with Crippen LogP contribution in [0, 0.1) is 0 Å². The van der Waals surface area contributed by atoms with Crippen LogP contribution in [-0.2, 0) is 0 Å². The molecule has 3 nitrogen and oxygen atoms in total. The molecule has 1 heterocycles. The molecule has 3 heteroatoms. The lowest BCUT2D eigenvalue weighted by atomic mass is 10.1. The molecule has 1 N–H and O–H groups in total. The van der Waals surface area contributed by atoms with Gasteiger partial charge in [-0.2, -0.15) is 0 Å². The van der Waals surface area contributed by atoms with Crippen molar-refractivity contribution in [3.63, 3.8) is 0 Å². The molecule has 0 aromatic heterocycles. The second-order valence-electron chi connectivity index (χ2n) is 6.12. The number of ether oxygens (including phenoxy) is 1. The molecule has 0 aliphatic carbocycles. The van der Waals surface area contributed by atoms with Crippen LogP contribution >= 0.6 is 0 Å². The number of nitrogens with zero attached hydrogens (tertiary/aromatic N) is 1. The maximum atomic E-state index is 10.5. The highest BCUT2D eigenvalue weighted by Crippen LogP contribution is 2.29. The molecule has 118 valence electrons. The van der Waals surface area contributed by atoms with E-state index in [2.05, 4.69) is 25.7 Å². The van der Waals surface area contributed by atoms with Crippen molar-refractivity contribution >= 4 is 0 Å². The van der Waals surface area contributed by atoms with Gasteiger partial charge in [0, 0.05) is 18.6 Å². The van der Waals surface area contributed by atoms with E-state index in [1.54, 1.807) is 0 Å². The van der Waals surface area contributed by atoms with Gasteiger partial charge in [-0.15, -0.1) is 0 Å². The minimum atomic E-state index is -0.417. The highest BCUT2D eigenvalue weighted by atomic mass is 16.5. The van der Waals surface area contributed by atoms with Crippen molar-refractivity contribution in [2.75, 3.05) is 13.2 Å². The predicted octanol–water partition coefficient (Wildman–Crippen LogP) is 3.77. The molecular formula is C18H29NO2. The van der Waals surface area contributed by atoms with E-state index in [9.17, 15) is 5.11 Å². The molecular weight excluding hydrogens is 262 g/mol. The van der Waals surface area contributed by atoms with E-state index in [1.807, 2.05) is 24.3 Å². The van der Waals surface area contributed by atoms with Gasteiger partial charge in [-0.25, -0.2) is 0 Å². The van der Waals surface area contributed by atoms with Crippen LogP contribution in [0.2, 0.25) is 0 Å². The van der Waals surface area contributed by atoms with Crippen molar-refractivity contribution in [2.24, 2.45) is 0 Å². The number of likely N-dealkylation sites (tertiary alicyclic amines) is 1. The monoisotopic (exact) mass is 291 g/mol. The molecule has 0 radical (unpaired) electrons. The predicted molar refractivity (Wildman–Crippen MR) is 86.7 cm³/mol. The number of hydrogen-bond acceptors (Lipinski definition) is 3. The summed E-state index contributed by atoms with van der Waals surface area (Å²) in [7, 11) is 0. The molecule has 3 atom stereocenters. The maximum absolute atomic E-state index is 10.5. The number of rotatable bonds is 7. The lowest BCUT2D eigenvalue weighted by Gasteiger charge is -2.30. The molecule has 0 saturated carbocycles. The molecule has 1 aromatic carbocycles. The van der Waals surface area contributed by atoms with E-state index in [1.165, 1.54) is 19.3 Å². The Hall–Kier alpha value is -1.06. The van der Waals surface area contributed by atoms with Crippen molar-refractivity contribution in [3.8, 4) is 5.75 Å². The van der Waals surface area contributed by atoms with Gasteiger partial charge in [0.05, 0.1) is 12.7 Å². The Kier molecular flexibility index (Phi) is 6.07. The Balaban J connectivity index is 1.94. The van der Waals surface area contributed by atoms with Gasteiger partial charge in [-0.1, -0.05) is 26.0 Å². The molecule has 1 saturated heterocycles. The fourth-order valence-electron chi connectivity index (χ4n) is 3.20. The Morgan fingerprint density at radius 1 is 1.24 bits per heavy atom. The lowest BCUT2D eigenvalue weighted by Crippen LogP contribution is -2.37. The molecule has 3 unspecified atom stereocenters. The van der Waals surface area contributed by atoms with E-state index in [4.69, 9.17) is 4.74 Å². The molecule has 1 aliphatic heterocycles. The fourth-order valence-corrected chi connectivity index (χ4v) is 3.20. The van der Waals surface area contributed by atoms with Crippen LogP contribution in [0.5, 0.6) is 5.75 Å². The smallest absolute Gasteiger partial charge is 0.119 e. The van der Waals surface area contributed by atoms with Crippen LogP contribution in [0.25, 0.3) is 0 Å². The van der Waals surface area contributed by atoms with Gasteiger partial charge in [0.15, 0.2) is 0 Å². The molecule has 0 spiro atoms. The van der Waals surface area contributed by atoms with Crippen LogP contribution in [0.15, 0.2) is 24.3 Å². The summed E-state index contributed by atoms with van der Waals surface area (Å²) < 4.78 is 5.58. The Morgan fingerprint density at radius 3 is 2.57 bits per heavy atom. The summed E-state index contributed by atoms with van der Waals surface area (Å²) in [5.41, 5.74) is 0.979. The Morgan fingerprint density at radius 2 is 1.95 bits per heavy atom. The zero-order valence-electron chi connectivity index (χ0n) is 13.6. The van der Waals surface area contributed by atoms with Crippen LogP contribution in [0.4, 0.5) is 0 Å². The number of hydrogen-bond donors (Lipinski definition) is 1. The third-order valence-electron chi connectivity index (χ3n) is 4.55. The van der Waals surface area contributed by atoms with Crippen molar-refractivity contribution in [1.29, 1.82) is 0 Å². The second kappa shape index (κ2) is 7.81. The third-order valence-corrected chi connectivity index (χ3v) is 4.55.